The van der Waals surface area contributed by atoms with Crippen LogP contribution in [0.1, 0.15) is 28.3 Å². The van der Waals surface area contributed by atoms with Crippen molar-refractivity contribution in [2.45, 2.75) is 32.0 Å². The zero-order chi connectivity index (χ0) is 21.0. The van der Waals surface area contributed by atoms with Gasteiger partial charge in [0.05, 0.1) is 5.56 Å². The Bertz CT molecular complexity index is 948. The van der Waals surface area contributed by atoms with E-state index in [-0.39, 0.29) is 43.0 Å². The Hall–Kier alpha value is -1.68. The van der Waals surface area contributed by atoms with E-state index < -0.39 is 23.9 Å². The number of aryl methyl sites for hydroxylation is 1. The van der Waals surface area contributed by atoms with Gasteiger partial charge >= 0.3 is 12.5 Å². The van der Waals surface area contributed by atoms with Gasteiger partial charge in [-0.2, -0.15) is 13.2 Å². The van der Waals surface area contributed by atoms with Crippen molar-refractivity contribution in [2.24, 2.45) is 0 Å². The molecule has 1 atom stereocenters. The summed E-state index contributed by atoms with van der Waals surface area (Å²) in [5.74, 6) is -0.404. The first-order valence-corrected chi connectivity index (χ1v) is 9.08. The Morgan fingerprint density at radius 1 is 1.03 bits per heavy atom. The lowest BCUT2D eigenvalue weighted by Crippen LogP contribution is -2.42. The molecule has 3 nitrogen and oxygen atoms in total. The standard InChI is InChI=1S/C20H18F6N2O.2ClH/c1-11-6-13(29-20(24,25)26)2-3-14(11)12-7-15-16(17(8-12)19(21,22)23)10-28-5-4-27-9-18(15)28;;/h2-3,6-8,18,27H,4-5,9-10H2,1H3;2*1H/t18-;;/m0../s1. The van der Waals surface area contributed by atoms with Crippen LogP contribution in [0.15, 0.2) is 30.3 Å². The number of halogens is 8. The zero-order valence-electron chi connectivity index (χ0n) is 16.2. The molecule has 2 heterocycles. The molecule has 0 aromatic heterocycles. The van der Waals surface area contributed by atoms with Crippen LogP contribution in [0.25, 0.3) is 11.1 Å². The van der Waals surface area contributed by atoms with Gasteiger partial charge in [-0.15, -0.1) is 38.0 Å². The molecule has 2 aromatic rings. The van der Waals surface area contributed by atoms with Gasteiger partial charge in [-0.05, 0) is 59.0 Å². The molecule has 0 amide bonds. The molecule has 11 heteroatoms. The maximum Gasteiger partial charge on any atom is 0.573 e. The van der Waals surface area contributed by atoms with Crippen LogP contribution < -0.4 is 10.1 Å². The molecule has 0 aliphatic carbocycles. The first kappa shape index (κ1) is 25.6. The van der Waals surface area contributed by atoms with Crippen molar-refractivity contribution < 1.29 is 31.1 Å². The minimum absolute atomic E-state index is 0. The molecule has 4 rings (SSSR count). The summed E-state index contributed by atoms with van der Waals surface area (Å²) >= 11 is 0. The minimum atomic E-state index is -4.83. The normalized spacial score (nSPS) is 18.5. The number of fused-ring (bicyclic) bond motifs is 3. The zero-order valence-corrected chi connectivity index (χ0v) is 17.9. The summed E-state index contributed by atoms with van der Waals surface area (Å²) in [6.45, 7) is 3.74. The van der Waals surface area contributed by atoms with Gasteiger partial charge in [0.25, 0.3) is 0 Å². The fourth-order valence-electron chi connectivity index (χ4n) is 4.18. The SMILES string of the molecule is Cc1cc(OC(F)(F)F)ccc1-c1cc2c(c(C(F)(F)F)c1)CN1CCNC[C@@H]21.Cl.Cl. The van der Waals surface area contributed by atoms with Crippen LogP contribution in [-0.2, 0) is 12.7 Å². The third kappa shape index (κ3) is 5.22. The van der Waals surface area contributed by atoms with Crippen LogP contribution in [0.5, 0.6) is 5.75 Å². The second-order valence-corrected chi connectivity index (χ2v) is 7.30. The largest absolute Gasteiger partial charge is 0.573 e. The first-order valence-electron chi connectivity index (χ1n) is 9.08. The molecule has 1 saturated heterocycles. The van der Waals surface area contributed by atoms with Gasteiger partial charge in [-0.1, -0.05) is 6.07 Å². The number of ether oxygens (including phenoxy) is 1. The molecule has 0 bridgehead atoms. The molecule has 0 spiro atoms. The molecule has 0 radical (unpaired) electrons. The van der Waals surface area contributed by atoms with E-state index in [0.29, 0.717) is 35.3 Å². The van der Waals surface area contributed by atoms with Crippen molar-refractivity contribution in [2.75, 3.05) is 19.6 Å². The van der Waals surface area contributed by atoms with Gasteiger partial charge < -0.3 is 10.1 Å². The van der Waals surface area contributed by atoms with E-state index >= 15 is 0 Å². The lowest BCUT2D eigenvalue weighted by Gasteiger charge is -2.30. The average Bonchev–Trinajstić information content (AvgIpc) is 2.97. The summed E-state index contributed by atoms with van der Waals surface area (Å²) in [5, 5.41) is 3.21. The quantitative estimate of drug-likeness (QED) is 0.534. The van der Waals surface area contributed by atoms with E-state index in [4.69, 9.17) is 0 Å². The second-order valence-electron chi connectivity index (χ2n) is 7.30. The Morgan fingerprint density at radius 3 is 2.35 bits per heavy atom. The minimum Gasteiger partial charge on any atom is -0.406 e. The predicted molar refractivity (Wildman–Crippen MR) is 109 cm³/mol. The van der Waals surface area contributed by atoms with Crippen molar-refractivity contribution >= 4 is 24.8 Å². The predicted octanol–water partition coefficient (Wildman–Crippen LogP) is 5.88. The fraction of sp³-hybridized carbons (Fsp3) is 0.400. The third-order valence-corrected chi connectivity index (χ3v) is 5.41. The van der Waals surface area contributed by atoms with E-state index in [1.807, 2.05) is 4.90 Å². The highest BCUT2D eigenvalue weighted by Crippen LogP contribution is 2.45. The van der Waals surface area contributed by atoms with Crippen LogP contribution in [0.3, 0.4) is 0 Å². The van der Waals surface area contributed by atoms with E-state index in [1.165, 1.54) is 12.1 Å². The van der Waals surface area contributed by atoms with Crippen LogP contribution in [0.2, 0.25) is 0 Å². The molecule has 2 aliphatic rings. The smallest absolute Gasteiger partial charge is 0.406 e. The molecule has 172 valence electrons. The number of benzene rings is 2. The first-order chi connectivity index (χ1) is 13.5. The van der Waals surface area contributed by atoms with Gasteiger partial charge in [0.2, 0.25) is 0 Å². The summed E-state index contributed by atoms with van der Waals surface area (Å²) < 4.78 is 82.6. The Balaban J connectivity index is 0.00000171. The second kappa shape index (κ2) is 9.05. The molecule has 1 N–H and O–H groups in total. The van der Waals surface area contributed by atoms with Crippen molar-refractivity contribution in [3.05, 3.63) is 52.6 Å². The van der Waals surface area contributed by atoms with E-state index in [1.54, 1.807) is 13.0 Å². The Morgan fingerprint density at radius 2 is 1.74 bits per heavy atom. The molecular weight excluding hydrogens is 469 g/mol. The van der Waals surface area contributed by atoms with Gasteiger partial charge in [-0.3, -0.25) is 4.90 Å². The maximum absolute atomic E-state index is 13.8. The van der Waals surface area contributed by atoms with Crippen LogP contribution in [0, 0.1) is 6.92 Å². The number of nitrogens with zero attached hydrogens (tertiary/aromatic N) is 1. The van der Waals surface area contributed by atoms with Crippen LogP contribution >= 0.6 is 24.8 Å². The van der Waals surface area contributed by atoms with Gasteiger partial charge in [0, 0.05) is 32.2 Å². The average molecular weight is 489 g/mol. The van der Waals surface area contributed by atoms with Crippen molar-refractivity contribution in [1.29, 1.82) is 0 Å². The number of rotatable bonds is 2. The van der Waals surface area contributed by atoms with Crippen molar-refractivity contribution in [1.82, 2.24) is 10.2 Å². The number of alkyl halides is 6. The Kier molecular flexibility index (Phi) is 7.47. The van der Waals surface area contributed by atoms with E-state index in [0.717, 1.165) is 18.7 Å². The lowest BCUT2D eigenvalue weighted by atomic mass is 9.91. The summed E-state index contributed by atoms with van der Waals surface area (Å²) in [4.78, 5) is 2.02. The highest BCUT2D eigenvalue weighted by Gasteiger charge is 2.41. The molecule has 2 aromatic carbocycles. The molecule has 31 heavy (non-hydrogen) atoms. The van der Waals surface area contributed by atoms with Gasteiger partial charge in [-0.25, -0.2) is 0 Å². The maximum atomic E-state index is 13.8. The fourth-order valence-corrected chi connectivity index (χ4v) is 4.18. The van der Waals surface area contributed by atoms with Crippen LogP contribution in [0.4, 0.5) is 26.3 Å². The third-order valence-electron chi connectivity index (χ3n) is 5.41. The highest BCUT2D eigenvalue weighted by atomic mass is 35.5. The molecule has 0 saturated carbocycles. The Labute approximate surface area is 187 Å². The van der Waals surface area contributed by atoms with E-state index in [9.17, 15) is 26.3 Å². The summed E-state index contributed by atoms with van der Waals surface area (Å²) in [6, 6.07) is 6.34. The van der Waals surface area contributed by atoms with Gasteiger partial charge in [0.15, 0.2) is 0 Å². The molecule has 0 unspecified atom stereocenters. The molecular formula is C20H20Cl2F6N2O. The monoisotopic (exact) mass is 488 g/mol. The van der Waals surface area contributed by atoms with Crippen molar-refractivity contribution in [3.8, 4) is 16.9 Å². The highest BCUT2D eigenvalue weighted by molar-refractivity contribution is 5.85. The van der Waals surface area contributed by atoms with Crippen LogP contribution in [-0.4, -0.2) is 30.9 Å². The van der Waals surface area contributed by atoms with Gasteiger partial charge in [0.1, 0.15) is 5.75 Å². The number of hydrogen-bond donors (Lipinski definition) is 1. The van der Waals surface area contributed by atoms with Crippen molar-refractivity contribution in [3.63, 3.8) is 0 Å². The number of piperazine rings is 1. The summed E-state index contributed by atoms with van der Waals surface area (Å²) in [7, 11) is 0. The number of nitrogens with one attached hydrogen (secondary N) is 1. The summed E-state index contributed by atoms with van der Waals surface area (Å²) in [6.07, 6.45) is -9.35. The molecule has 2 aliphatic heterocycles. The van der Waals surface area contributed by atoms with E-state index in [2.05, 4.69) is 10.1 Å². The summed E-state index contributed by atoms with van der Waals surface area (Å²) in [5.41, 5.74) is 1.39. The lowest BCUT2D eigenvalue weighted by molar-refractivity contribution is -0.274. The number of hydrogen-bond acceptors (Lipinski definition) is 3. The topological polar surface area (TPSA) is 24.5 Å². The molecule has 1 fully saturated rings.